The summed E-state index contributed by atoms with van der Waals surface area (Å²) in [5, 5.41) is 0.303. The topological polar surface area (TPSA) is 116 Å². The normalized spacial score (nSPS) is 13.0. The summed E-state index contributed by atoms with van der Waals surface area (Å²) in [6.07, 6.45) is 1.94. The number of benzene rings is 2. The quantitative estimate of drug-likeness (QED) is 0.538. The molecule has 0 atom stereocenters. The molecule has 4 rings (SSSR count). The highest BCUT2D eigenvalue weighted by molar-refractivity contribution is 5.86. The van der Waals surface area contributed by atoms with Gasteiger partial charge in [-0.25, -0.2) is 4.79 Å². The van der Waals surface area contributed by atoms with Crippen LogP contribution in [-0.4, -0.2) is 34.5 Å². The van der Waals surface area contributed by atoms with E-state index < -0.39 is 17.2 Å². The van der Waals surface area contributed by atoms with Gasteiger partial charge in [-0.2, -0.15) is 0 Å². The molecule has 3 N–H and O–H groups in total. The zero-order valence-corrected chi connectivity index (χ0v) is 16.2. The molecular weight excluding hydrogens is 386 g/mol. The number of aryl methyl sites for hydroxylation is 1. The number of nitrogens with one attached hydrogen (secondary N) is 3. The van der Waals surface area contributed by atoms with E-state index in [2.05, 4.69) is 15.8 Å². The lowest BCUT2D eigenvalue weighted by Crippen LogP contribution is -2.49. The first-order valence-electron chi connectivity index (χ1n) is 9.65. The molecule has 0 radical (unpaired) electrons. The van der Waals surface area contributed by atoms with E-state index in [4.69, 9.17) is 0 Å². The van der Waals surface area contributed by atoms with E-state index in [1.165, 1.54) is 5.56 Å². The standard InChI is InChI=1S/C21H21N5O4/c27-18(12-25-11-5-7-14-6-1-3-9-16(14)25)23-24-19(28)13-26-17-10-4-2-8-15(17)20(29)22-21(26)30/h1-4,6,8-10H,5,7,11-13H2,(H,23,27)(H,24,28)(H,22,29,30). The van der Waals surface area contributed by atoms with Crippen LogP contribution in [0.3, 0.4) is 0 Å². The summed E-state index contributed by atoms with van der Waals surface area (Å²) in [5.74, 6) is -0.944. The number of hydrogen-bond donors (Lipinski definition) is 3. The van der Waals surface area contributed by atoms with Crippen LogP contribution in [0.15, 0.2) is 58.1 Å². The number of H-pyrrole nitrogens is 1. The average Bonchev–Trinajstić information content (AvgIpc) is 2.75. The lowest BCUT2D eigenvalue weighted by atomic mass is 10.0. The highest BCUT2D eigenvalue weighted by Crippen LogP contribution is 2.26. The third-order valence-corrected chi connectivity index (χ3v) is 5.09. The predicted octanol–water partition coefficient (Wildman–Crippen LogP) is 0.290. The molecule has 0 aliphatic carbocycles. The van der Waals surface area contributed by atoms with Crippen LogP contribution < -0.4 is 27.0 Å². The van der Waals surface area contributed by atoms with E-state index in [9.17, 15) is 19.2 Å². The van der Waals surface area contributed by atoms with Gasteiger partial charge in [-0.3, -0.25) is 34.8 Å². The van der Waals surface area contributed by atoms with E-state index >= 15 is 0 Å². The van der Waals surface area contributed by atoms with Crippen molar-refractivity contribution in [3.8, 4) is 0 Å². The van der Waals surface area contributed by atoms with Crippen LogP contribution in [0.5, 0.6) is 0 Å². The van der Waals surface area contributed by atoms with Gasteiger partial charge >= 0.3 is 5.69 Å². The fourth-order valence-electron chi connectivity index (χ4n) is 3.71. The molecule has 1 aliphatic rings. The van der Waals surface area contributed by atoms with Gasteiger partial charge in [0.15, 0.2) is 0 Å². The number of aromatic nitrogens is 2. The maximum absolute atomic E-state index is 12.3. The van der Waals surface area contributed by atoms with E-state index in [0.29, 0.717) is 10.9 Å². The number of para-hydroxylation sites is 2. The summed E-state index contributed by atoms with van der Waals surface area (Å²) in [5.41, 5.74) is 6.09. The zero-order chi connectivity index (χ0) is 21.1. The van der Waals surface area contributed by atoms with Crippen LogP contribution in [0.4, 0.5) is 5.69 Å². The molecular formula is C21H21N5O4. The zero-order valence-electron chi connectivity index (χ0n) is 16.2. The molecule has 0 saturated carbocycles. The number of hydrogen-bond acceptors (Lipinski definition) is 5. The summed E-state index contributed by atoms with van der Waals surface area (Å²) in [4.78, 5) is 52.8. The van der Waals surface area contributed by atoms with E-state index in [-0.39, 0.29) is 19.0 Å². The Kier molecular flexibility index (Phi) is 5.34. The van der Waals surface area contributed by atoms with Crippen molar-refractivity contribution in [3.05, 3.63) is 74.9 Å². The third kappa shape index (κ3) is 3.95. The van der Waals surface area contributed by atoms with Gasteiger partial charge < -0.3 is 4.90 Å². The first-order valence-corrected chi connectivity index (χ1v) is 9.65. The van der Waals surface area contributed by atoms with Crippen molar-refractivity contribution >= 4 is 28.4 Å². The van der Waals surface area contributed by atoms with Crippen molar-refractivity contribution in [3.63, 3.8) is 0 Å². The minimum Gasteiger partial charge on any atom is -0.362 e. The molecule has 9 nitrogen and oxygen atoms in total. The van der Waals surface area contributed by atoms with E-state index in [1.54, 1.807) is 24.3 Å². The van der Waals surface area contributed by atoms with Gasteiger partial charge in [0, 0.05) is 12.2 Å². The molecule has 2 amide bonds. The Balaban J connectivity index is 1.39. The van der Waals surface area contributed by atoms with Crippen LogP contribution in [0.2, 0.25) is 0 Å². The lowest BCUT2D eigenvalue weighted by Gasteiger charge is -2.30. The molecule has 0 fully saturated rings. The first kappa shape index (κ1) is 19.4. The van der Waals surface area contributed by atoms with Crippen molar-refractivity contribution in [2.45, 2.75) is 19.4 Å². The van der Waals surface area contributed by atoms with Gasteiger partial charge in [-0.05, 0) is 36.6 Å². The molecule has 2 aromatic carbocycles. The van der Waals surface area contributed by atoms with E-state index in [0.717, 1.165) is 29.6 Å². The summed E-state index contributed by atoms with van der Waals surface area (Å²) in [6.45, 7) is 0.527. The smallest absolute Gasteiger partial charge is 0.329 e. The average molecular weight is 407 g/mol. The Morgan fingerprint density at radius 1 is 0.933 bits per heavy atom. The van der Waals surface area contributed by atoms with Gasteiger partial charge in [-0.1, -0.05) is 30.3 Å². The van der Waals surface area contributed by atoms with Crippen LogP contribution in [-0.2, 0) is 22.6 Å². The van der Waals surface area contributed by atoms with Crippen molar-refractivity contribution in [1.82, 2.24) is 20.4 Å². The van der Waals surface area contributed by atoms with Crippen LogP contribution >= 0.6 is 0 Å². The lowest BCUT2D eigenvalue weighted by molar-refractivity contribution is -0.128. The van der Waals surface area contributed by atoms with E-state index in [1.807, 2.05) is 29.2 Å². The van der Waals surface area contributed by atoms with Crippen LogP contribution in [0.1, 0.15) is 12.0 Å². The Morgan fingerprint density at radius 2 is 1.63 bits per heavy atom. The number of anilines is 1. The molecule has 154 valence electrons. The van der Waals surface area contributed by atoms with Crippen LogP contribution in [0, 0.1) is 0 Å². The van der Waals surface area contributed by atoms with Gasteiger partial charge in [0.05, 0.1) is 17.4 Å². The molecule has 1 aliphatic heterocycles. The Bertz CT molecular complexity index is 1230. The maximum Gasteiger partial charge on any atom is 0.329 e. The van der Waals surface area contributed by atoms with Crippen LogP contribution in [0.25, 0.3) is 10.9 Å². The molecule has 0 saturated heterocycles. The fourth-order valence-corrected chi connectivity index (χ4v) is 3.71. The number of nitrogens with zero attached hydrogens (tertiary/aromatic N) is 2. The second-order valence-electron chi connectivity index (χ2n) is 7.11. The molecule has 0 unspecified atom stereocenters. The molecule has 0 bridgehead atoms. The number of rotatable bonds is 4. The monoisotopic (exact) mass is 407 g/mol. The number of amides is 2. The fraction of sp³-hybridized carbons (Fsp3) is 0.238. The SMILES string of the molecule is O=C(CN1CCCc2ccccc21)NNC(=O)Cn1c(=O)[nH]c(=O)c2ccccc21. The van der Waals surface area contributed by atoms with Gasteiger partial charge in [0.1, 0.15) is 6.54 Å². The summed E-state index contributed by atoms with van der Waals surface area (Å²) in [7, 11) is 0. The third-order valence-electron chi connectivity index (χ3n) is 5.09. The van der Waals surface area contributed by atoms with Gasteiger partial charge in [0.25, 0.3) is 17.4 Å². The summed E-state index contributed by atoms with van der Waals surface area (Å²) in [6, 6.07) is 14.4. The highest BCUT2D eigenvalue weighted by atomic mass is 16.2. The maximum atomic E-state index is 12.3. The molecule has 30 heavy (non-hydrogen) atoms. The molecule has 1 aromatic heterocycles. The number of carbonyl (C=O) groups excluding carboxylic acids is 2. The number of carbonyl (C=O) groups is 2. The summed E-state index contributed by atoms with van der Waals surface area (Å²) < 4.78 is 1.15. The minimum absolute atomic E-state index is 0.110. The van der Waals surface area contributed by atoms with Crippen molar-refractivity contribution in [1.29, 1.82) is 0 Å². The molecule has 0 spiro atoms. The Hall–Kier alpha value is -3.88. The predicted molar refractivity (Wildman–Crippen MR) is 112 cm³/mol. The van der Waals surface area contributed by atoms with Gasteiger partial charge in [0.2, 0.25) is 0 Å². The summed E-state index contributed by atoms with van der Waals surface area (Å²) >= 11 is 0. The largest absolute Gasteiger partial charge is 0.362 e. The number of hydrazine groups is 1. The Morgan fingerprint density at radius 3 is 2.47 bits per heavy atom. The first-order chi connectivity index (χ1) is 14.5. The number of fused-ring (bicyclic) bond motifs is 2. The number of aromatic amines is 1. The molecule has 3 aromatic rings. The molecule has 2 heterocycles. The van der Waals surface area contributed by atoms with Crippen molar-refractivity contribution < 1.29 is 9.59 Å². The van der Waals surface area contributed by atoms with Gasteiger partial charge in [-0.15, -0.1) is 0 Å². The Labute approximate surface area is 171 Å². The molecule has 9 heteroatoms. The second-order valence-corrected chi connectivity index (χ2v) is 7.11. The van der Waals surface area contributed by atoms with Crippen molar-refractivity contribution in [2.24, 2.45) is 0 Å². The minimum atomic E-state index is -0.690. The highest BCUT2D eigenvalue weighted by Gasteiger charge is 2.19. The van der Waals surface area contributed by atoms with Crippen molar-refractivity contribution in [2.75, 3.05) is 18.0 Å². The second kappa shape index (κ2) is 8.24.